The summed E-state index contributed by atoms with van der Waals surface area (Å²) in [5.41, 5.74) is 4.51. The summed E-state index contributed by atoms with van der Waals surface area (Å²) < 4.78 is 34.9. The molecule has 0 unspecified atom stereocenters. The highest BCUT2D eigenvalue weighted by Crippen LogP contribution is 2.33. The first-order valence-electron chi connectivity index (χ1n) is 19.2. The Labute approximate surface area is 329 Å². The quantitative estimate of drug-likeness (QED) is 0.0441. The number of rotatable bonds is 31. The lowest BCUT2D eigenvalue weighted by Crippen LogP contribution is -2.18. The maximum Gasteiger partial charge on any atom is 0.305 e. The fourth-order valence-electron chi connectivity index (χ4n) is 5.68. The molecule has 0 aliphatic rings. The third-order valence-electron chi connectivity index (χ3n) is 8.98. The highest BCUT2D eigenvalue weighted by atomic mass is 32.1. The molecule has 0 atom stereocenters. The molecule has 1 N–H and O–H groups in total. The van der Waals surface area contributed by atoms with Crippen molar-refractivity contribution in [2.24, 2.45) is 0 Å². The lowest BCUT2D eigenvalue weighted by molar-refractivity contribution is -0.138. The standard InChI is InChI=1S/C43H62O8S2/c1-43(2,37-13-11-35(12-14-37)19-23-46-25-27-48-28-26-47-24-20-42(44)45)38-15-17-39(18-16-38)51-34-36-31-40(49-21-7-3-5-9-29-52)33-41(32-36)50-22-8-4-6-10-30-53/h11-18,31-33,52-53H,3-10,19-30,34H2,1-2H3,(H,44,45). The predicted octanol–water partition coefficient (Wildman–Crippen LogP) is 9.40. The number of ether oxygens (including phenoxy) is 6. The van der Waals surface area contributed by atoms with Gasteiger partial charge >= 0.3 is 5.97 Å². The topological polar surface area (TPSA) is 92.7 Å². The fraction of sp³-hybridized carbons (Fsp3) is 0.558. The van der Waals surface area contributed by atoms with Crippen LogP contribution >= 0.6 is 25.3 Å². The molecule has 8 nitrogen and oxygen atoms in total. The highest BCUT2D eigenvalue weighted by molar-refractivity contribution is 7.80. The van der Waals surface area contributed by atoms with Gasteiger partial charge in [-0.25, -0.2) is 0 Å². The molecule has 0 aromatic heterocycles. The first-order valence-corrected chi connectivity index (χ1v) is 20.5. The normalized spacial score (nSPS) is 11.5. The summed E-state index contributed by atoms with van der Waals surface area (Å²) >= 11 is 8.62. The van der Waals surface area contributed by atoms with Gasteiger partial charge < -0.3 is 33.5 Å². The van der Waals surface area contributed by atoms with Crippen molar-refractivity contribution in [3.05, 3.63) is 89.0 Å². The van der Waals surface area contributed by atoms with Crippen LogP contribution in [0.2, 0.25) is 0 Å². The SMILES string of the molecule is CC(C)(c1ccc(CCOCCOCCOCCC(=O)O)cc1)c1ccc(OCc2cc(OCCCCCCS)cc(OCCCCCCS)c2)cc1. The van der Waals surface area contributed by atoms with Crippen LogP contribution in [0.15, 0.2) is 66.7 Å². The summed E-state index contributed by atoms with van der Waals surface area (Å²) in [4.78, 5) is 10.5. The van der Waals surface area contributed by atoms with E-state index in [0.717, 1.165) is 79.3 Å². The Morgan fingerprint density at radius 1 is 0.547 bits per heavy atom. The van der Waals surface area contributed by atoms with Crippen LogP contribution < -0.4 is 14.2 Å². The Kier molecular flexibility index (Phi) is 22.5. The third kappa shape index (κ3) is 18.8. The second kappa shape index (κ2) is 26.8. The predicted molar refractivity (Wildman–Crippen MR) is 220 cm³/mol. The molecule has 0 aliphatic carbocycles. The Morgan fingerprint density at radius 2 is 1.04 bits per heavy atom. The molecular formula is C43H62O8S2. The van der Waals surface area contributed by atoms with E-state index in [1.165, 1.54) is 29.5 Å². The van der Waals surface area contributed by atoms with Crippen LogP contribution in [0, 0.1) is 0 Å². The van der Waals surface area contributed by atoms with Gasteiger partial charge in [0.05, 0.1) is 59.3 Å². The van der Waals surface area contributed by atoms with Gasteiger partial charge in [-0.3, -0.25) is 4.79 Å². The molecule has 0 aliphatic heterocycles. The summed E-state index contributed by atoms with van der Waals surface area (Å²) in [6.07, 6.45) is 9.80. The smallest absolute Gasteiger partial charge is 0.305 e. The van der Waals surface area contributed by atoms with Crippen LogP contribution in [0.25, 0.3) is 0 Å². The van der Waals surface area contributed by atoms with Crippen LogP contribution in [0.5, 0.6) is 17.2 Å². The summed E-state index contributed by atoms with van der Waals surface area (Å²) in [6, 6.07) is 23.3. The molecule has 0 fully saturated rings. The number of carbonyl (C=O) groups is 1. The van der Waals surface area contributed by atoms with Crippen molar-refractivity contribution in [1.82, 2.24) is 0 Å². The number of unbranched alkanes of at least 4 members (excludes halogenated alkanes) is 6. The van der Waals surface area contributed by atoms with Crippen LogP contribution in [0.4, 0.5) is 0 Å². The van der Waals surface area contributed by atoms with E-state index in [0.29, 0.717) is 52.9 Å². The average Bonchev–Trinajstić information content (AvgIpc) is 3.16. The van der Waals surface area contributed by atoms with Gasteiger partial charge in [-0.05, 0) is 90.1 Å². The first kappa shape index (κ1) is 44.5. The van der Waals surface area contributed by atoms with Gasteiger partial charge in [-0.15, -0.1) is 0 Å². The highest BCUT2D eigenvalue weighted by Gasteiger charge is 2.23. The molecule has 10 heteroatoms. The molecule has 0 saturated heterocycles. The summed E-state index contributed by atoms with van der Waals surface area (Å²) in [5, 5.41) is 8.60. The van der Waals surface area contributed by atoms with Gasteiger partial charge in [-0.2, -0.15) is 25.3 Å². The molecule has 53 heavy (non-hydrogen) atoms. The van der Waals surface area contributed by atoms with Gasteiger partial charge in [-0.1, -0.05) is 75.9 Å². The number of hydrogen-bond donors (Lipinski definition) is 3. The van der Waals surface area contributed by atoms with Crippen molar-refractivity contribution in [1.29, 1.82) is 0 Å². The zero-order valence-corrected chi connectivity index (χ0v) is 33.7. The van der Waals surface area contributed by atoms with Crippen molar-refractivity contribution < 1.29 is 38.3 Å². The molecule has 0 bridgehead atoms. The van der Waals surface area contributed by atoms with Crippen LogP contribution in [0.3, 0.4) is 0 Å². The Bertz CT molecular complexity index is 1360. The largest absolute Gasteiger partial charge is 0.493 e. The zero-order valence-electron chi connectivity index (χ0n) is 31.9. The Hall–Kier alpha value is -2.89. The molecule has 0 radical (unpaired) electrons. The molecule has 3 aromatic rings. The Morgan fingerprint density at radius 3 is 1.57 bits per heavy atom. The lowest BCUT2D eigenvalue weighted by Gasteiger charge is -2.26. The van der Waals surface area contributed by atoms with Crippen molar-refractivity contribution >= 4 is 31.2 Å². The first-order chi connectivity index (χ1) is 25.8. The lowest BCUT2D eigenvalue weighted by atomic mass is 9.78. The van der Waals surface area contributed by atoms with E-state index in [-0.39, 0.29) is 18.4 Å². The van der Waals surface area contributed by atoms with Gasteiger partial charge in [0.2, 0.25) is 0 Å². The van der Waals surface area contributed by atoms with Gasteiger partial charge in [0, 0.05) is 11.5 Å². The second-order valence-electron chi connectivity index (χ2n) is 13.7. The molecule has 3 rings (SSSR count). The average molecular weight is 771 g/mol. The number of carboxylic acids is 1. The minimum atomic E-state index is -0.863. The molecule has 3 aromatic carbocycles. The number of benzene rings is 3. The van der Waals surface area contributed by atoms with E-state index >= 15 is 0 Å². The van der Waals surface area contributed by atoms with Crippen LogP contribution in [-0.2, 0) is 37.4 Å². The maximum atomic E-state index is 10.5. The van der Waals surface area contributed by atoms with E-state index in [1.807, 2.05) is 18.2 Å². The summed E-state index contributed by atoms with van der Waals surface area (Å²) in [5.74, 6) is 3.46. The Balaban J connectivity index is 1.46. The fourth-order valence-corrected chi connectivity index (χ4v) is 6.12. The summed E-state index contributed by atoms with van der Waals surface area (Å²) in [6.45, 7) is 8.87. The van der Waals surface area contributed by atoms with Gasteiger partial charge in [0.15, 0.2) is 0 Å². The van der Waals surface area contributed by atoms with E-state index in [2.05, 4.69) is 87.6 Å². The second-order valence-corrected chi connectivity index (χ2v) is 14.5. The number of aliphatic carboxylic acids is 1. The van der Waals surface area contributed by atoms with Gasteiger partial charge in [0.1, 0.15) is 23.9 Å². The monoisotopic (exact) mass is 770 g/mol. The van der Waals surface area contributed by atoms with Crippen molar-refractivity contribution in [2.45, 2.75) is 90.1 Å². The van der Waals surface area contributed by atoms with E-state index in [9.17, 15) is 4.79 Å². The van der Waals surface area contributed by atoms with Crippen molar-refractivity contribution in [3.8, 4) is 17.2 Å². The van der Waals surface area contributed by atoms with Crippen molar-refractivity contribution in [3.63, 3.8) is 0 Å². The number of thiol groups is 2. The minimum Gasteiger partial charge on any atom is -0.493 e. The molecule has 294 valence electrons. The van der Waals surface area contributed by atoms with Crippen LogP contribution in [-0.4, -0.2) is 75.4 Å². The molecule has 0 amide bonds. The van der Waals surface area contributed by atoms with E-state index in [4.69, 9.17) is 33.5 Å². The molecule has 0 saturated carbocycles. The molecule has 0 heterocycles. The zero-order chi connectivity index (χ0) is 38.0. The van der Waals surface area contributed by atoms with E-state index < -0.39 is 5.97 Å². The molecular weight excluding hydrogens is 709 g/mol. The van der Waals surface area contributed by atoms with Crippen molar-refractivity contribution in [2.75, 3.05) is 64.4 Å². The summed E-state index contributed by atoms with van der Waals surface area (Å²) in [7, 11) is 0. The number of carboxylic acid groups (broad SMARTS) is 1. The van der Waals surface area contributed by atoms with Gasteiger partial charge in [0.25, 0.3) is 0 Å². The molecule has 0 spiro atoms. The maximum absolute atomic E-state index is 10.5. The van der Waals surface area contributed by atoms with Crippen LogP contribution in [0.1, 0.15) is 93.9 Å². The van der Waals surface area contributed by atoms with E-state index in [1.54, 1.807) is 0 Å². The minimum absolute atomic E-state index is 0.00556. The number of hydrogen-bond acceptors (Lipinski definition) is 9. The third-order valence-corrected chi connectivity index (χ3v) is 9.61.